The molecule has 0 aromatic heterocycles. The molecular formula is C63H64N2O8. The second-order valence-electron chi connectivity index (χ2n) is 19.6. The van der Waals surface area contributed by atoms with E-state index in [1.807, 2.05) is 182 Å². The molecule has 374 valence electrons. The van der Waals surface area contributed by atoms with E-state index < -0.39 is 40.3 Å². The molecule has 0 aliphatic heterocycles. The summed E-state index contributed by atoms with van der Waals surface area (Å²) < 4.78 is 23.2. The van der Waals surface area contributed by atoms with Gasteiger partial charge in [0.15, 0.2) is 0 Å². The van der Waals surface area contributed by atoms with Crippen LogP contribution in [0.25, 0.3) is 21.5 Å². The Labute approximate surface area is 427 Å². The van der Waals surface area contributed by atoms with Crippen LogP contribution < -0.4 is 24.7 Å². The molecule has 1 fully saturated rings. The molecular weight excluding hydrogens is 913 g/mol. The number of amides is 2. The number of hydrogen-bond acceptors (Lipinski definition) is 8. The normalized spacial score (nSPS) is 15.6. The molecule has 9 rings (SSSR count). The van der Waals surface area contributed by atoms with Gasteiger partial charge in [-0.25, -0.2) is 0 Å². The summed E-state index contributed by atoms with van der Waals surface area (Å²) in [6, 6.07) is 58.6. The quantitative estimate of drug-likeness (QED) is 0.0641. The second kappa shape index (κ2) is 21.6. The summed E-state index contributed by atoms with van der Waals surface area (Å²) in [4.78, 5) is 32.0. The molecule has 4 unspecified atom stereocenters. The maximum Gasteiger partial charge on any atom is 0.238 e. The highest BCUT2D eigenvalue weighted by molar-refractivity contribution is 6.05. The number of benzene rings is 8. The fourth-order valence-corrected chi connectivity index (χ4v) is 11.7. The van der Waals surface area contributed by atoms with E-state index in [0.717, 1.165) is 54.9 Å². The molecule has 10 nitrogen and oxygen atoms in total. The van der Waals surface area contributed by atoms with Gasteiger partial charge in [0.2, 0.25) is 11.8 Å². The number of carbonyl (C=O) groups is 2. The minimum atomic E-state index is -1.88. The van der Waals surface area contributed by atoms with Crippen molar-refractivity contribution in [2.75, 3.05) is 41.5 Å². The highest BCUT2D eigenvalue weighted by atomic mass is 16.5. The molecule has 1 aliphatic rings. The summed E-state index contributed by atoms with van der Waals surface area (Å²) in [7, 11) is 6.42. The largest absolute Gasteiger partial charge is 0.497 e. The summed E-state index contributed by atoms with van der Waals surface area (Å²) in [6.45, 7) is -0.687. The Hall–Kier alpha value is -7.66. The number of primary amides is 1. The lowest BCUT2D eigenvalue weighted by Gasteiger charge is -2.47. The first-order valence-corrected chi connectivity index (χ1v) is 24.9. The van der Waals surface area contributed by atoms with Crippen LogP contribution in [0.15, 0.2) is 182 Å². The summed E-state index contributed by atoms with van der Waals surface area (Å²) in [5, 5.41) is 32.8. The van der Waals surface area contributed by atoms with E-state index in [0.29, 0.717) is 35.8 Å². The highest BCUT2D eigenvalue weighted by Gasteiger charge is 2.53. The van der Waals surface area contributed by atoms with Crippen LogP contribution in [0.2, 0.25) is 0 Å². The first-order valence-electron chi connectivity index (χ1n) is 24.9. The molecule has 0 radical (unpaired) electrons. The third kappa shape index (κ3) is 10.4. The van der Waals surface area contributed by atoms with Gasteiger partial charge < -0.3 is 39.8 Å². The van der Waals surface area contributed by atoms with Crippen LogP contribution in [0.1, 0.15) is 70.9 Å². The van der Waals surface area contributed by atoms with Gasteiger partial charge in [0.25, 0.3) is 0 Å². The van der Waals surface area contributed by atoms with Crippen LogP contribution in [0.5, 0.6) is 23.0 Å². The Balaban J connectivity index is 1.33. The van der Waals surface area contributed by atoms with Crippen molar-refractivity contribution in [1.82, 2.24) is 4.90 Å². The SMILES string of the molecule is COc1cccc(CC(O)(CN(CC(O)(Cc2cccc(OC)c2)C(c2cccc(OC)c2)c2cccc3ccccc23)C(=O)C2(C(N)=O)CCCC2)C(c2cccc(OC)c2)c2cccc3ccccc23)c1. The van der Waals surface area contributed by atoms with Gasteiger partial charge >= 0.3 is 0 Å². The number of nitrogens with two attached hydrogens (primary N) is 1. The van der Waals surface area contributed by atoms with E-state index in [9.17, 15) is 15.0 Å². The lowest BCUT2D eigenvalue weighted by atomic mass is 9.70. The molecule has 2 amide bonds. The molecule has 0 spiro atoms. The molecule has 0 bridgehead atoms. The standard InChI is InChI=1S/C63H64N2O8/c1-70-49-25-11-17-43(35-49)39-62(68,57(47-23-13-27-51(37-47)72-3)55-31-15-21-45-19-5-7-29-53(45)55)41-65(60(67)61(59(64)66)33-9-10-34-61)42-63(69,40-44-18-12-26-50(36-44)71-2)58(48-24-14-28-52(38-48)73-4)56-32-16-22-46-20-6-8-30-54(46)56/h5-8,11-32,35-38,57-58,68-69H,9-10,33-34,39-42H2,1-4H3,(H2,64,66). The van der Waals surface area contributed by atoms with Crippen molar-refractivity contribution in [2.45, 2.75) is 61.6 Å². The maximum atomic E-state index is 16.3. The monoisotopic (exact) mass is 976 g/mol. The van der Waals surface area contributed by atoms with Crippen molar-refractivity contribution in [3.63, 3.8) is 0 Å². The predicted octanol–water partition coefficient (Wildman–Crippen LogP) is 10.8. The van der Waals surface area contributed by atoms with Crippen LogP contribution in [0.4, 0.5) is 0 Å². The molecule has 1 saturated carbocycles. The molecule has 73 heavy (non-hydrogen) atoms. The first kappa shape index (κ1) is 50.3. The van der Waals surface area contributed by atoms with Gasteiger partial charge in [0, 0.05) is 24.7 Å². The van der Waals surface area contributed by atoms with Crippen LogP contribution in [-0.2, 0) is 22.4 Å². The van der Waals surface area contributed by atoms with Crippen LogP contribution in [-0.4, -0.2) is 79.7 Å². The number of ether oxygens (including phenoxy) is 4. The second-order valence-corrected chi connectivity index (χ2v) is 19.6. The molecule has 8 aromatic carbocycles. The number of aliphatic hydroxyl groups is 2. The number of methoxy groups -OCH3 is 4. The zero-order valence-corrected chi connectivity index (χ0v) is 42.0. The van der Waals surface area contributed by atoms with Crippen molar-refractivity contribution < 1.29 is 38.7 Å². The molecule has 0 saturated heterocycles. The van der Waals surface area contributed by atoms with Crippen LogP contribution in [0, 0.1) is 5.41 Å². The van der Waals surface area contributed by atoms with Gasteiger partial charge in [-0.3, -0.25) is 9.59 Å². The third-order valence-electron chi connectivity index (χ3n) is 15.0. The van der Waals surface area contributed by atoms with Crippen molar-refractivity contribution in [3.8, 4) is 23.0 Å². The van der Waals surface area contributed by atoms with E-state index in [-0.39, 0.29) is 38.8 Å². The lowest BCUT2D eigenvalue weighted by molar-refractivity contribution is -0.156. The van der Waals surface area contributed by atoms with Gasteiger partial charge in [0.1, 0.15) is 28.4 Å². The van der Waals surface area contributed by atoms with Crippen molar-refractivity contribution in [1.29, 1.82) is 0 Å². The lowest BCUT2D eigenvalue weighted by Crippen LogP contribution is -2.61. The Morgan fingerprint density at radius 2 is 0.890 bits per heavy atom. The van der Waals surface area contributed by atoms with Gasteiger partial charge in [-0.2, -0.15) is 0 Å². The van der Waals surface area contributed by atoms with Crippen LogP contribution in [0.3, 0.4) is 0 Å². The van der Waals surface area contributed by atoms with Crippen molar-refractivity contribution in [3.05, 3.63) is 215 Å². The fourth-order valence-electron chi connectivity index (χ4n) is 11.7. The predicted molar refractivity (Wildman–Crippen MR) is 288 cm³/mol. The smallest absolute Gasteiger partial charge is 0.238 e. The van der Waals surface area contributed by atoms with Crippen molar-refractivity contribution in [2.24, 2.45) is 11.1 Å². The number of hydrogen-bond donors (Lipinski definition) is 3. The van der Waals surface area contributed by atoms with Gasteiger partial charge in [-0.05, 0) is 116 Å². The van der Waals surface area contributed by atoms with Gasteiger partial charge in [-0.15, -0.1) is 0 Å². The number of fused-ring (bicyclic) bond motifs is 2. The molecule has 10 heteroatoms. The Morgan fingerprint density at radius 3 is 1.30 bits per heavy atom. The minimum Gasteiger partial charge on any atom is -0.497 e. The summed E-state index contributed by atoms with van der Waals surface area (Å²) in [5.74, 6) is -0.579. The van der Waals surface area contributed by atoms with E-state index in [2.05, 4.69) is 0 Å². The first-order chi connectivity index (χ1) is 35.4. The zero-order chi connectivity index (χ0) is 51.2. The van der Waals surface area contributed by atoms with E-state index in [1.54, 1.807) is 33.3 Å². The maximum absolute atomic E-state index is 16.3. The fraction of sp³-hybridized carbons (Fsp3) is 0.270. The highest BCUT2D eigenvalue weighted by Crippen LogP contribution is 2.48. The van der Waals surface area contributed by atoms with Crippen LogP contribution >= 0.6 is 0 Å². The summed E-state index contributed by atoms with van der Waals surface area (Å²) in [5.41, 5.74) is 5.62. The topological polar surface area (TPSA) is 141 Å². The van der Waals surface area contributed by atoms with E-state index in [1.165, 1.54) is 0 Å². The number of rotatable bonds is 20. The van der Waals surface area contributed by atoms with Gasteiger partial charge in [-0.1, -0.05) is 146 Å². The number of nitrogens with zero attached hydrogens (tertiary/aromatic N) is 1. The molecule has 8 aromatic rings. The Kier molecular flexibility index (Phi) is 14.9. The molecule has 4 atom stereocenters. The van der Waals surface area contributed by atoms with Crippen molar-refractivity contribution >= 4 is 33.4 Å². The molecule has 1 aliphatic carbocycles. The molecule has 4 N–H and O–H groups in total. The van der Waals surface area contributed by atoms with E-state index in [4.69, 9.17) is 24.7 Å². The minimum absolute atomic E-state index is 0.0135. The Bertz CT molecular complexity index is 3040. The zero-order valence-electron chi connectivity index (χ0n) is 42.0. The average Bonchev–Trinajstić information content (AvgIpc) is 3.93. The summed E-state index contributed by atoms with van der Waals surface area (Å²) >= 11 is 0. The molecule has 0 heterocycles. The summed E-state index contributed by atoms with van der Waals surface area (Å²) in [6.07, 6.45) is 1.70. The van der Waals surface area contributed by atoms with E-state index >= 15 is 4.79 Å². The number of carbonyl (C=O) groups excluding carboxylic acids is 2. The Morgan fingerprint density at radius 1 is 0.521 bits per heavy atom. The third-order valence-corrected chi connectivity index (χ3v) is 15.0. The van der Waals surface area contributed by atoms with Gasteiger partial charge in [0.05, 0.1) is 52.7 Å². The average molecular weight is 977 g/mol.